The van der Waals surface area contributed by atoms with Gasteiger partial charge in [0.05, 0.1) is 11.4 Å². The molecule has 0 saturated carbocycles. The first kappa shape index (κ1) is 12.4. The van der Waals surface area contributed by atoms with E-state index in [1.807, 2.05) is 44.2 Å². The Bertz CT molecular complexity index is 602. The highest BCUT2D eigenvalue weighted by atomic mass is 16.1. The number of nitrogens with one attached hydrogen (secondary N) is 1. The van der Waals surface area contributed by atoms with Crippen molar-refractivity contribution in [1.82, 2.24) is 9.78 Å². The molecule has 1 aromatic heterocycles. The Balaban J connectivity index is 2.25. The summed E-state index contributed by atoms with van der Waals surface area (Å²) >= 11 is 0. The molecule has 0 atom stereocenters. The molecule has 0 aliphatic heterocycles. The van der Waals surface area contributed by atoms with Crippen LogP contribution in [0.2, 0.25) is 0 Å². The molecule has 0 bridgehead atoms. The third kappa shape index (κ3) is 2.42. The summed E-state index contributed by atoms with van der Waals surface area (Å²) in [6.07, 6.45) is 0. The second-order valence-corrected chi connectivity index (χ2v) is 4.35. The largest absolute Gasteiger partial charge is 0.379 e. The lowest BCUT2D eigenvalue weighted by molar-refractivity contribution is 0.686. The predicted octanol–water partition coefficient (Wildman–Crippen LogP) is 2.01. The molecule has 0 spiro atoms. The van der Waals surface area contributed by atoms with Crippen molar-refractivity contribution in [1.29, 1.82) is 0 Å². The van der Waals surface area contributed by atoms with Gasteiger partial charge >= 0.3 is 0 Å². The molecule has 4 nitrogen and oxygen atoms in total. The van der Waals surface area contributed by atoms with Gasteiger partial charge in [0.25, 0.3) is 5.56 Å². The summed E-state index contributed by atoms with van der Waals surface area (Å²) in [6.45, 7) is 4.42. The molecule has 0 aliphatic carbocycles. The normalized spacial score (nSPS) is 10.4. The molecule has 0 amide bonds. The zero-order chi connectivity index (χ0) is 13.1. The predicted molar refractivity (Wildman–Crippen MR) is 72.7 cm³/mol. The van der Waals surface area contributed by atoms with Crippen molar-refractivity contribution in [3.8, 4) is 0 Å². The van der Waals surface area contributed by atoms with Gasteiger partial charge in [-0.05, 0) is 19.4 Å². The summed E-state index contributed by atoms with van der Waals surface area (Å²) in [5, 5.41) is 7.48. The lowest BCUT2D eigenvalue weighted by atomic mass is 10.2. The van der Waals surface area contributed by atoms with Gasteiger partial charge in [0.1, 0.15) is 0 Å². The summed E-state index contributed by atoms with van der Waals surface area (Å²) in [5.41, 5.74) is 3.50. The average molecular weight is 243 g/mol. The molecule has 2 aromatic rings. The lowest BCUT2D eigenvalue weighted by Crippen LogP contribution is -2.24. The van der Waals surface area contributed by atoms with Gasteiger partial charge in [-0.2, -0.15) is 5.10 Å². The maximum Gasteiger partial charge on any atom is 0.271 e. The quantitative estimate of drug-likeness (QED) is 0.897. The number of aryl methyl sites for hydroxylation is 2. The van der Waals surface area contributed by atoms with Gasteiger partial charge in [-0.3, -0.25) is 4.79 Å². The van der Waals surface area contributed by atoms with Gasteiger partial charge in [-0.15, -0.1) is 0 Å². The SMILES string of the molecule is Cc1nn(C)c(=O)c(C)c1NCc1ccccc1. The van der Waals surface area contributed by atoms with Crippen LogP contribution in [0.25, 0.3) is 0 Å². The van der Waals surface area contributed by atoms with E-state index >= 15 is 0 Å². The molecule has 1 heterocycles. The van der Waals surface area contributed by atoms with Crippen LogP contribution in [-0.4, -0.2) is 9.78 Å². The molecule has 0 radical (unpaired) electrons. The zero-order valence-electron chi connectivity index (χ0n) is 10.9. The molecule has 1 aromatic carbocycles. The van der Waals surface area contributed by atoms with Crippen molar-refractivity contribution < 1.29 is 0 Å². The maximum atomic E-state index is 11.8. The molecule has 18 heavy (non-hydrogen) atoms. The molecule has 4 heteroatoms. The van der Waals surface area contributed by atoms with Crippen molar-refractivity contribution in [2.45, 2.75) is 20.4 Å². The third-order valence-electron chi connectivity index (χ3n) is 2.96. The van der Waals surface area contributed by atoms with E-state index in [0.717, 1.165) is 11.4 Å². The van der Waals surface area contributed by atoms with E-state index in [-0.39, 0.29) is 5.56 Å². The van der Waals surface area contributed by atoms with Crippen molar-refractivity contribution >= 4 is 5.69 Å². The molecule has 0 unspecified atom stereocenters. The number of aromatic nitrogens is 2. The third-order valence-corrected chi connectivity index (χ3v) is 2.96. The van der Waals surface area contributed by atoms with E-state index in [0.29, 0.717) is 12.1 Å². The fourth-order valence-corrected chi connectivity index (χ4v) is 1.99. The molecule has 0 aliphatic rings. The van der Waals surface area contributed by atoms with E-state index in [4.69, 9.17) is 0 Å². The Hall–Kier alpha value is -2.10. The first-order chi connectivity index (χ1) is 8.59. The maximum absolute atomic E-state index is 11.8. The molecule has 0 fully saturated rings. The van der Waals surface area contributed by atoms with Crippen LogP contribution in [0, 0.1) is 13.8 Å². The van der Waals surface area contributed by atoms with Gasteiger partial charge in [0, 0.05) is 19.2 Å². The minimum atomic E-state index is -0.0591. The fraction of sp³-hybridized carbons (Fsp3) is 0.286. The van der Waals surface area contributed by atoms with Crippen LogP contribution in [0.4, 0.5) is 5.69 Å². The van der Waals surface area contributed by atoms with E-state index in [1.165, 1.54) is 10.2 Å². The summed E-state index contributed by atoms with van der Waals surface area (Å²) in [6, 6.07) is 10.1. The Labute approximate surface area is 106 Å². The van der Waals surface area contributed by atoms with Crippen LogP contribution in [0.5, 0.6) is 0 Å². The first-order valence-corrected chi connectivity index (χ1v) is 5.92. The van der Waals surface area contributed by atoms with Crippen molar-refractivity contribution in [2.24, 2.45) is 7.05 Å². The Morgan fingerprint density at radius 2 is 1.89 bits per heavy atom. The number of rotatable bonds is 3. The van der Waals surface area contributed by atoms with Gasteiger partial charge in [0.15, 0.2) is 0 Å². The highest BCUT2D eigenvalue weighted by molar-refractivity contribution is 5.53. The van der Waals surface area contributed by atoms with Gasteiger partial charge < -0.3 is 5.32 Å². The molecule has 1 N–H and O–H groups in total. The fourth-order valence-electron chi connectivity index (χ4n) is 1.99. The second-order valence-electron chi connectivity index (χ2n) is 4.35. The van der Waals surface area contributed by atoms with Gasteiger partial charge in [0.2, 0.25) is 0 Å². The molecule has 0 saturated heterocycles. The van der Waals surface area contributed by atoms with E-state index in [9.17, 15) is 4.79 Å². The van der Waals surface area contributed by atoms with Crippen LogP contribution >= 0.6 is 0 Å². The van der Waals surface area contributed by atoms with Gasteiger partial charge in [-0.1, -0.05) is 30.3 Å². The van der Waals surface area contributed by atoms with Crippen molar-refractivity contribution in [3.63, 3.8) is 0 Å². The zero-order valence-corrected chi connectivity index (χ0v) is 10.9. The van der Waals surface area contributed by atoms with Gasteiger partial charge in [-0.25, -0.2) is 4.68 Å². The molecule has 2 rings (SSSR count). The smallest absolute Gasteiger partial charge is 0.271 e. The highest BCUT2D eigenvalue weighted by Crippen LogP contribution is 2.15. The summed E-state index contributed by atoms with van der Waals surface area (Å²) in [7, 11) is 1.67. The second kappa shape index (κ2) is 5.04. The first-order valence-electron chi connectivity index (χ1n) is 5.92. The Kier molecular flexibility index (Phi) is 3.46. The number of benzene rings is 1. The molecular weight excluding hydrogens is 226 g/mol. The minimum Gasteiger partial charge on any atom is -0.379 e. The van der Waals surface area contributed by atoms with E-state index < -0.39 is 0 Å². The van der Waals surface area contributed by atoms with E-state index in [2.05, 4.69) is 10.4 Å². The Morgan fingerprint density at radius 1 is 1.22 bits per heavy atom. The molecule has 94 valence electrons. The van der Waals surface area contributed by atoms with Crippen molar-refractivity contribution in [2.75, 3.05) is 5.32 Å². The Morgan fingerprint density at radius 3 is 2.56 bits per heavy atom. The van der Waals surface area contributed by atoms with Crippen LogP contribution in [-0.2, 0) is 13.6 Å². The lowest BCUT2D eigenvalue weighted by Gasteiger charge is -2.12. The number of hydrogen-bond donors (Lipinski definition) is 1. The number of anilines is 1. The van der Waals surface area contributed by atoms with E-state index in [1.54, 1.807) is 7.05 Å². The molecular formula is C14H17N3O. The highest BCUT2D eigenvalue weighted by Gasteiger charge is 2.09. The van der Waals surface area contributed by atoms with Crippen molar-refractivity contribution in [3.05, 3.63) is 57.5 Å². The minimum absolute atomic E-state index is 0.0591. The summed E-state index contributed by atoms with van der Waals surface area (Å²) < 4.78 is 1.37. The van der Waals surface area contributed by atoms with Crippen LogP contribution < -0.4 is 10.9 Å². The van der Waals surface area contributed by atoms with Crippen LogP contribution in [0.1, 0.15) is 16.8 Å². The monoisotopic (exact) mass is 243 g/mol. The van der Waals surface area contributed by atoms with Crippen LogP contribution in [0.3, 0.4) is 0 Å². The topological polar surface area (TPSA) is 46.9 Å². The number of hydrogen-bond acceptors (Lipinski definition) is 3. The summed E-state index contributed by atoms with van der Waals surface area (Å²) in [5.74, 6) is 0. The van der Waals surface area contributed by atoms with Crippen LogP contribution in [0.15, 0.2) is 35.1 Å². The standard InChI is InChI=1S/C14H17N3O/c1-10-13(11(2)16-17(3)14(10)18)15-9-12-7-5-4-6-8-12/h4-8,15H,9H2,1-3H3. The number of nitrogens with zero attached hydrogens (tertiary/aromatic N) is 2. The average Bonchev–Trinajstić information content (AvgIpc) is 2.37. The summed E-state index contributed by atoms with van der Waals surface area (Å²) in [4.78, 5) is 11.8.